The molecule has 0 saturated heterocycles. The first kappa shape index (κ1) is 40.5. The Labute approximate surface area is 289 Å². The van der Waals surface area contributed by atoms with Crippen LogP contribution in [0, 0.1) is 11.8 Å². The fourth-order valence-corrected chi connectivity index (χ4v) is 4.98. The number of rotatable bonds is 19. The van der Waals surface area contributed by atoms with Crippen molar-refractivity contribution in [3.05, 3.63) is 71.8 Å². The van der Waals surface area contributed by atoms with Gasteiger partial charge in [0.1, 0.15) is 23.7 Å². The topological polar surface area (TPSA) is 273 Å². The summed E-state index contributed by atoms with van der Waals surface area (Å²) in [6, 6.07) is 11.8. The Hall–Kier alpha value is -5.67. The number of nitrogens with two attached hydrogens (primary N) is 2. The summed E-state index contributed by atoms with van der Waals surface area (Å²) in [6.07, 6.45) is -1.81. The van der Waals surface area contributed by atoms with Gasteiger partial charge in [0.15, 0.2) is 5.96 Å². The maximum Gasteiger partial charge on any atom is 0.408 e. The second-order valence-corrected chi connectivity index (χ2v) is 12.6. The lowest BCUT2D eigenvalue weighted by Crippen LogP contribution is -2.60. The van der Waals surface area contributed by atoms with E-state index < -0.39 is 77.8 Å². The third-order valence-electron chi connectivity index (χ3n) is 7.36. The molecule has 0 aliphatic heterocycles. The summed E-state index contributed by atoms with van der Waals surface area (Å²) < 4.78 is 5.30. The molecule has 10 N–H and O–H groups in total. The zero-order valence-corrected chi connectivity index (χ0v) is 28.2. The predicted octanol–water partition coefficient (Wildman–Crippen LogP) is 1.26. The number of hydrogen-bond acceptors (Lipinski definition) is 8. The third kappa shape index (κ3) is 14.6. The largest absolute Gasteiger partial charge is 0.481 e. The molecule has 2 aromatic rings. The van der Waals surface area contributed by atoms with E-state index in [-0.39, 0.29) is 38.2 Å². The number of aliphatic carboxylic acids is 3. The lowest BCUT2D eigenvalue weighted by atomic mass is 9.89. The van der Waals surface area contributed by atoms with Gasteiger partial charge in [-0.1, -0.05) is 60.7 Å². The van der Waals surface area contributed by atoms with Crippen molar-refractivity contribution in [2.45, 2.75) is 76.6 Å². The van der Waals surface area contributed by atoms with Gasteiger partial charge in [-0.3, -0.25) is 24.2 Å². The molecule has 0 saturated carbocycles. The van der Waals surface area contributed by atoms with E-state index in [9.17, 15) is 44.1 Å². The minimum absolute atomic E-state index is 0.0221. The molecule has 0 fully saturated rings. The Kier molecular flexibility index (Phi) is 15.7. The zero-order valence-electron chi connectivity index (χ0n) is 28.2. The van der Waals surface area contributed by atoms with E-state index in [0.29, 0.717) is 11.1 Å². The van der Waals surface area contributed by atoms with Crippen molar-refractivity contribution in [1.82, 2.24) is 16.0 Å². The summed E-state index contributed by atoms with van der Waals surface area (Å²) in [5.41, 5.74) is 10.8. The molecule has 16 heteroatoms. The van der Waals surface area contributed by atoms with E-state index >= 15 is 0 Å². The van der Waals surface area contributed by atoms with Crippen molar-refractivity contribution in [3.63, 3.8) is 0 Å². The molecular weight excluding hydrogens is 652 g/mol. The molecule has 50 heavy (non-hydrogen) atoms. The van der Waals surface area contributed by atoms with Crippen molar-refractivity contribution in [2.24, 2.45) is 28.3 Å². The maximum atomic E-state index is 13.9. The van der Waals surface area contributed by atoms with Crippen LogP contribution in [0.15, 0.2) is 65.7 Å². The standard InChI is InChI=1S/C34H46N6O10/c1-34(2,3)50-33(49)39-25(19-22(29(43)44)17-20-11-6-4-7-12-20)27(41)40-26(23(30(45)46)18-21-13-8-5-9-14-21)28(42)38-24(31(47)48)15-10-16-37-32(35)36/h4-9,11-14,22-26H,10,15-19H2,1-3H3,(H,38,42)(H,39,49)(H,40,41)(H,43,44)(H,45,46)(H,47,48)(H4,35,36,37)/t22?,23?,24-,25-,26-/m0/s1. The summed E-state index contributed by atoms with van der Waals surface area (Å²) >= 11 is 0. The number of carbonyl (C=O) groups excluding carboxylic acids is 3. The summed E-state index contributed by atoms with van der Waals surface area (Å²) in [5, 5.41) is 37.2. The van der Waals surface area contributed by atoms with Crippen LogP contribution >= 0.6 is 0 Å². The minimum Gasteiger partial charge on any atom is -0.481 e. The molecule has 0 radical (unpaired) electrons. The lowest BCUT2D eigenvalue weighted by molar-refractivity contribution is -0.147. The molecule has 3 amide bonds. The number of aliphatic imine (C=N–C) groups is 1. The van der Waals surface area contributed by atoms with Gasteiger partial charge in [-0.15, -0.1) is 0 Å². The molecule has 16 nitrogen and oxygen atoms in total. The molecule has 0 aromatic heterocycles. The van der Waals surface area contributed by atoms with E-state index in [0.717, 1.165) is 0 Å². The number of guanidine groups is 1. The van der Waals surface area contributed by atoms with Gasteiger partial charge in [0.2, 0.25) is 11.8 Å². The van der Waals surface area contributed by atoms with E-state index in [4.69, 9.17) is 16.2 Å². The number of nitrogens with zero attached hydrogens (tertiary/aromatic N) is 1. The number of nitrogens with one attached hydrogen (secondary N) is 3. The van der Waals surface area contributed by atoms with Crippen LogP contribution in [0.1, 0.15) is 51.2 Å². The van der Waals surface area contributed by atoms with Crippen LogP contribution in [-0.4, -0.2) is 87.4 Å². The Morgan fingerprint density at radius 3 is 1.78 bits per heavy atom. The second-order valence-electron chi connectivity index (χ2n) is 12.6. The van der Waals surface area contributed by atoms with Crippen LogP contribution in [0.25, 0.3) is 0 Å². The normalized spacial score (nSPS) is 14.1. The van der Waals surface area contributed by atoms with Crippen molar-refractivity contribution in [2.75, 3.05) is 6.54 Å². The van der Waals surface area contributed by atoms with E-state index in [1.54, 1.807) is 81.4 Å². The average molecular weight is 699 g/mol. The Bertz CT molecular complexity index is 1490. The molecule has 0 aliphatic rings. The predicted molar refractivity (Wildman–Crippen MR) is 182 cm³/mol. The van der Waals surface area contributed by atoms with Crippen molar-refractivity contribution >= 4 is 41.8 Å². The van der Waals surface area contributed by atoms with Crippen LogP contribution in [0.4, 0.5) is 4.79 Å². The molecular formula is C34H46N6O10. The van der Waals surface area contributed by atoms with E-state index in [2.05, 4.69) is 20.9 Å². The number of benzene rings is 2. The number of alkyl carbamates (subject to hydrolysis) is 1. The first-order valence-corrected chi connectivity index (χ1v) is 15.9. The van der Waals surface area contributed by atoms with Gasteiger partial charge >= 0.3 is 24.0 Å². The van der Waals surface area contributed by atoms with Crippen LogP contribution < -0.4 is 27.4 Å². The van der Waals surface area contributed by atoms with E-state index in [1.807, 2.05) is 0 Å². The number of amides is 3. The molecule has 272 valence electrons. The fraction of sp³-hybridized carbons (Fsp3) is 0.441. The third-order valence-corrected chi connectivity index (χ3v) is 7.36. The quantitative estimate of drug-likeness (QED) is 0.0585. The molecule has 2 rings (SSSR count). The Morgan fingerprint density at radius 1 is 0.740 bits per heavy atom. The van der Waals surface area contributed by atoms with Crippen molar-refractivity contribution in [1.29, 1.82) is 0 Å². The van der Waals surface area contributed by atoms with Gasteiger partial charge in [-0.2, -0.15) is 0 Å². The Morgan fingerprint density at radius 2 is 1.30 bits per heavy atom. The van der Waals surface area contributed by atoms with Crippen LogP contribution in [0.5, 0.6) is 0 Å². The molecule has 5 atom stereocenters. The molecule has 2 aromatic carbocycles. The molecule has 0 heterocycles. The average Bonchev–Trinajstić information content (AvgIpc) is 3.02. The summed E-state index contributed by atoms with van der Waals surface area (Å²) in [6.45, 7) is 4.79. The number of hydrogen-bond donors (Lipinski definition) is 8. The number of ether oxygens (including phenoxy) is 1. The highest BCUT2D eigenvalue weighted by molar-refractivity contribution is 5.95. The van der Waals surface area contributed by atoms with Gasteiger partial charge in [-0.05, 0) is 64.0 Å². The lowest BCUT2D eigenvalue weighted by Gasteiger charge is -2.29. The van der Waals surface area contributed by atoms with Crippen LogP contribution in [0.3, 0.4) is 0 Å². The number of carbonyl (C=O) groups is 6. The van der Waals surface area contributed by atoms with Gasteiger partial charge in [0, 0.05) is 6.54 Å². The summed E-state index contributed by atoms with van der Waals surface area (Å²) in [4.78, 5) is 81.4. The fourth-order valence-electron chi connectivity index (χ4n) is 4.98. The van der Waals surface area contributed by atoms with Gasteiger partial charge < -0.3 is 47.5 Å². The maximum absolute atomic E-state index is 13.9. The SMILES string of the molecule is CC(C)(C)OC(=O)N[C@@H](CC(Cc1ccccc1)C(=O)O)C(=O)N[C@H](C(=O)N[C@@H](CCCN=C(N)N)C(=O)O)C(Cc1ccccc1)C(=O)O. The summed E-state index contributed by atoms with van der Waals surface area (Å²) in [5.74, 6) is -9.46. The van der Waals surface area contributed by atoms with E-state index in [1.165, 1.54) is 0 Å². The van der Waals surface area contributed by atoms with Crippen molar-refractivity contribution in [3.8, 4) is 0 Å². The zero-order chi connectivity index (χ0) is 37.4. The highest BCUT2D eigenvalue weighted by atomic mass is 16.6. The van der Waals surface area contributed by atoms with Crippen LogP contribution in [0.2, 0.25) is 0 Å². The minimum atomic E-state index is -1.87. The van der Waals surface area contributed by atoms with Gasteiger partial charge in [0.05, 0.1) is 11.8 Å². The highest BCUT2D eigenvalue weighted by Gasteiger charge is 2.39. The first-order valence-electron chi connectivity index (χ1n) is 15.9. The van der Waals surface area contributed by atoms with Gasteiger partial charge in [-0.25, -0.2) is 9.59 Å². The smallest absolute Gasteiger partial charge is 0.408 e. The van der Waals surface area contributed by atoms with Crippen LogP contribution in [-0.2, 0) is 41.6 Å². The Balaban J connectivity index is 2.50. The second kappa shape index (κ2) is 19.4. The monoisotopic (exact) mass is 698 g/mol. The molecule has 2 unspecified atom stereocenters. The van der Waals surface area contributed by atoms with Crippen molar-refractivity contribution < 1.29 is 48.8 Å². The van der Waals surface area contributed by atoms with Gasteiger partial charge in [0.25, 0.3) is 0 Å². The number of carboxylic acids is 3. The summed E-state index contributed by atoms with van der Waals surface area (Å²) in [7, 11) is 0. The molecule has 0 bridgehead atoms. The first-order chi connectivity index (χ1) is 23.5. The highest BCUT2D eigenvalue weighted by Crippen LogP contribution is 2.19. The molecule has 0 aliphatic carbocycles. The molecule has 0 spiro atoms. The number of carboxylic acid groups (broad SMARTS) is 3.